The van der Waals surface area contributed by atoms with Crippen LogP contribution in [-0.2, 0) is 32.3 Å². The Hall–Kier alpha value is -3.08. The van der Waals surface area contributed by atoms with Crippen LogP contribution in [0.2, 0.25) is 0 Å². The maximum atomic E-state index is 13.5. The number of nitrogens with zero attached hydrogens (tertiary/aromatic N) is 2. The predicted octanol–water partition coefficient (Wildman–Crippen LogP) is 4.20. The molecule has 0 heterocycles. The summed E-state index contributed by atoms with van der Waals surface area (Å²) in [5, 5.41) is 2.81. The minimum Gasteiger partial charge on any atom is -0.354 e. The molecule has 36 heavy (non-hydrogen) atoms. The molecule has 0 aromatic heterocycles. The second kappa shape index (κ2) is 12.8. The fraction of sp³-hybridized carbons (Fsp3) is 0.440. The third-order valence-corrected chi connectivity index (χ3v) is 6.69. The summed E-state index contributed by atoms with van der Waals surface area (Å²) in [5.41, 5.74) is -0.611. The van der Waals surface area contributed by atoms with Gasteiger partial charge in [-0.2, -0.15) is 13.2 Å². The molecule has 1 atom stereocenters. The van der Waals surface area contributed by atoms with Crippen molar-refractivity contribution in [1.82, 2.24) is 10.2 Å². The van der Waals surface area contributed by atoms with Gasteiger partial charge in [-0.05, 0) is 36.6 Å². The van der Waals surface area contributed by atoms with E-state index in [0.29, 0.717) is 16.9 Å². The predicted molar refractivity (Wildman–Crippen MR) is 133 cm³/mol. The number of carbonyl (C=O) groups excluding carboxylic acids is 2. The average Bonchev–Trinajstić information content (AvgIpc) is 2.82. The van der Waals surface area contributed by atoms with Gasteiger partial charge in [0.2, 0.25) is 21.8 Å². The van der Waals surface area contributed by atoms with Gasteiger partial charge in [0, 0.05) is 13.1 Å². The summed E-state index contributed by atoms with van der Waals surface area (Å²) in [5.74, 6) is -1.08. The quantitative estimate of drug-likeness (QED) is 0.420. The first-order valence-electron chi connectivity index (χ1n) is 11.6. The van der Waals surface area contributed by atoms with Crippen LogP contribution in [0.4, 0.5) is 18.9 Å². The van der Waals surface area contributed by atoms with Gasteiger partial charge in [-0.1, -0.05) is 56.7 Å². The molecular formula is C25H32F3N3O4S. The Morgan fingerprint density at radius 1 is 1.03 bits per heavy atom. The molecule has 7 nitrogen and oxygen atoms in total. The van der Waals surface area contributed by atoms with E-state index in [4.69, 9.17) is 0 Å². The molecule has 2 aromatic carbocycles. The van der Waals surface area contributed by atoms with Gasteiger partial charge >= 0.3 is 6.18 Å². The molecule has 0 aliphatic rings. The number of hydrogen-bond donors (Lipinski definition) is 1. The molecule has 0 aliphatic heterocycles. The highest BCUT2D eigenvalue weighted by molar-refractivity contribution is 7.92. The minimum absolute atomic E-state index is 0.0274. The van der Waals surface area contributed by atoms with Gasteiger partial charge in [-0.15, -0.1) is 0 Å². The molecule has 198 valence electrons. The number of benzene rings is 2. The molecule has 1 N–H and O–H groups in total. The van der Waals surface area contributed by atoms with E-state index in [-0.39, 0.29) is 24.6 Å². The molecule has 0 fully saturated rings. The van der Waals surface area contributed by atoms with Crippen LogP contribution < -0.4 is 9.62 Å². The summed E-state index contributed by atoms with van der Waals surface area (Å²) in [7, 11) is -4.13. The average molecular weight is 528 g/mol. The fourth-order valence-electron chi connectivity index (χ4n) is 3.66. The monoisotopic (exact) mass is 527 g/mol. The molecule has 0 radical (unpaired) electrons. The van der Waals surface area contributed by atoms with Crippen molar-refractivity contribution in [3.63, 3.8) is 0 Å². The molecule has 0 saturated carbocycles. The molecule has 2 rings (SSSR count). The molecule has 0 saturated heterocycles. The van der Waals surface area contributed by atoms with Crippen molar-refractivity contribution in [2.45, 2.75) is 51.9 Å². The Balaban J connectivity index is 2.43. The minimum atomic E-state index is -4.69. The van der Waals surface area contributed by atoms with E-state index in [1.165, 1.54) is 11.0 Å². The van der Waals surface area contributed by atoms with Crippen molar-refractivity contribution in [3.05, 3.63) is 65.7 Å². The Bertz CT molecular complexity index is 1120. The van der Waals surface area contributed by atoms with Gasteiger partial charge in [0.1, 0.15) is 12.6 Å². The lowest BCUT2D eigenvalue weighted by Crippen LogP contribution is -2.52. The molecule has 0 bridgehead atoms. The summed E-state index contributed by atoms with van der Waals surface area (Å²) >= 11 is 0. The molecule has 11 heteroatoms. The third-order valence-electron chi connectivity index (χ3n) is 5.55. The second-order valence-corrected chi connectivity index (χ2v) is 10.3. The molecule has 0 spiro atoms. The number of amides is 2. The normalized spacial score (nSPS) is 12.6. The van der Waals surface area contributed by atoms with Crippen LogP contribution in [0.1, 0.15) is 44.2 Å². The van der Waals surface area contributed by atoms with Crippen molar-refractivity contribution in [3.8, 4) is 0 Å². The maximum Gasteiger partial charge on any atom is 0.416 e. The van der Waals surface area contributed by atoms with E-state index in [9.17, 15) is 31.2 Å². The fourth-order valence-corrected chi connectivity index (χ4v) is 4.50. The Labute approximate surface area is 210 Å². The number of anilines is 1. The first kappa shape index (κ1) is 29.2. The van der Waals surface area contributed by atoms with Crippen LogP contribution >= 0.6 is 0 Å². The van der Waals surface area contributed by atoms with Gasteiger partial charge < -0.3 is 10.2 Å². The van der Waals surface area contributed by atoms with E-state index in [2.05, 4.69) is 5.32 Å². The van der Waals surface area contributed by atoms with Crippen molar-refractivity contribution in [1.29, 1.82) is 0 Å². The van der Waals surface area contributed by atoms with Crippen LogP contribution in [0, 0.1) is 0 Å². The van der Waals surface area contributed by atoms with E-state index in [1.54, 1.807) is 37.3 Å². The Morgan fingerprint density at radius 3 is 2.25 bits per heavy atom. The van der Waals surface area contributed by atoms with Gasteiger partial charge in [0.05, 0.1) is 17.5 Å². The molecule has 0 aliphatic carbocycles. The summed E-state index contributed by atoms with van der Waals surface area (Å²) in [6.45, 7) is 3.41. The van der Waals surface area contributed by atoms with Crippen molar-refractivity contribution in [2.75, 3.05) is 23.7 Å². The van der Waals surface area contributed by atoms with Crippen molar-refractivity contribution < 1.29 is 31.2 Å². The lowest BCUT2D eigenvalue weighted by atomic mass is 10.1. The van der Waals surface area contributed by atoms with Crippen LogP contribution in [0.25, 0.3) is 0 Å². The molecule has 0 unspecified atom stereocenters. The number of carbonyl (C=O) groups is 2. The third kappa shape index (κ3) is 8.25. The van der Waals surface area contributed by atoms with Gasteiger partial charge in [-0.3, -0.25) is 13.9 Å². The lowest BCUT2D eigenvalue weighted by Gasteiger charge is -2.33. The largest absolute Gasteiger partial charge is 0.416 e. The topological polar surface area (TPSA) is 86.8 Å². The maximum absolute atomic E-state index is 13.5. The van der Waals surface area contributed by atoms with E-state index in [0.717, 1.165) is 36.8 Å². The van der Waals surface area contributed by atoms with Crippen molar-refractivity contribution in [2.24, 2.45) is 0 Å². The first-order valence-corrected chi connectivity index (χ1v) is 13.5. The second-order valence-electron chi connectivity index (χ2n) is 8.39. The number of rotatable bonds is 12. The highest BCUT2D eigenvalue weighted by Crippen LogP contribution is 2.32. The zero-order valence-electron chi connectivity index (χ0n) is 20.6. The van der Waals surface area contributed by atoms with Crippen LogP contribution in [0.3, 0.4) is 0 Å². The lowest BCUT2D eigenvalue weighted by molar-refractivity contribution is -0.140. The van der Waals surface area contributed by atoms with Gasteiger partial charge in [-0.25, -0.2) is 8.42 Å². The van der Waals surface area contributed by atoms with Gasteiger partial charge in [0.25, 0.3) is 0 Å². The van der Waals surface area contributed by atoms with Crippen LogP contribution in [-0.4, -0.2) is 50.5 Å². The Morgan fingerprint density at radius 2 is 1.69 bits per heavy atom. The summed E-state index contributed by atoms with van der Waals surface area (Å²) < 4.78 is 65.5. The number of nitrogens with one attached hydrogen (secondary N) is 1. The number of hydrogen-bond acceptors (Lipinski definition) is 4. The van der Waals surface area contributed by atoms with Crippen LogP contribution in [0.5, 0.6) is 0 Å². The zero-order valence-corrected chi connectivity index (χ0v) is 21.4. The van der Waals surface area contributed by atoms with E-state index >= 15 is 0 Å². The smallest absolute Gasteiger partial charge is 0.354 e. The summed E-state index contributed by atoms with van der Waals surface area (Å²) in [6.07, 6.45) is -1.99. The summed E-state index contributed by atoms with van der Waals surface area (Å²) in [4.78, 5) is 27.7. The summed E-state index contributed by atoms with van der Waals surface area (Å²) in [6, 6.07) is 11.8. The number of unbranched alkanes of at least 4 members (excludes halogenated alkanes) is 1. The molecule has 2 amide bonds. The number of alkyl halides is 3. The van der Waals surface area contributed by atoms with Crippen molar-refractivity contribution >= 4 is 27.5 Å². The SMILES string of the molecule is CCCCNC(=O)[C@H](CC)N(Cc1ccccc1)C(=O)CN(c1cccc(C(F)(F)F)c1)S(C)(=O)=O. The standard InChI is InChI=1S/C25H32F3N3O4S/c1-4-6-15-29-24(33)22(5-2)30(17-19-11-8-7-9-12-19)23(32)18-31(36(3,34)35)21-14-10-13-20(16-21)25(26,27)28/h7-14,16,22H,4-6,15,17-18H2,1-3H3,(H,29,33)/t22-/m0/s1. The highest BCUT2D eigenvalue weighted by Gasteiger charge is 2.34. The first-order chi connectivity index (χ1) is 16.9. The van der Waals surface area contributed by atoms with E-state index in [1.807, 2.05) is 6.92 Å². The van der Waals surface area contributed by atoms with Crippen LogP contribution in [0.15, 0.2) is 54.6 Å². The van der Waals surface area contributed by atoms with E-state index < -0.39 is 40.3 Å². The number of sulfonamides is 1. The Kier molecular flexibility index (Phi) is 10.3. The molecule has 2 aromatic rings. The highest BCUT2D eigenvalue weighted by atomic mass is 32.2. The number of halogens is 3. The van der Waals surface area contributed by atoms with Gasteiger partial charge in [0.15, 0.2) is 0 Å². The molecular weight excluding hydrogens is 495 g/mol. The zero-order chi connectivity index (χ0) is 26.9.